The second kappa shape index (κ2) is 5.15. The molecule has 5 heteroatoms. The Kier molecular flexibility index (Phi) is 3.45. The van der Waals surface area contributed by atoms with Gasteiger partial charge in [0.1, 0.15) is 0 Å². The fraction of sp³-hybridized carbons (Fsp3) is 0.500. The smallest absolute Gasteiger partial charge is 0.314 e. The Morgan fingerprint density at radius 2 is 1.95 bits per heavy atom. The lowest BCUT2D eigenvalue weighted by molar-refractivity contribution is -0.140. The fourth-order valence-corrected chi connectivity index (χ4v) is 3.08. The third-order valence-electron chi connectivity index (χ3n) is 4.73. The first kappa shape index (κ1) is 14.1. The first-order chi connectivity index (χ1) is 10.0. The molecule has 1 aliphatic heterocycles. The first-order valence-corrected chi connectivity index (χ1v) is 7.41. The number of carbonyl (C=O) groups excluding carboxylic acids is 1. The first-order valence-electron chi connectivity index (χ1n) is 7.41. The van der Waals surface area contributed by atoms with Crippen LogP contribution in [0.1, 0.15) is 31.7 Å². The molecule has 1 aromatic carbocycles. The van der Waals surface area contributed by atoms with Crippen molar-refractivity contribution in [3.05, 3.63) is 29.8 Å². The average molecular weight is 288 g/mol. The average Bonchev–Trinajstić information content (AvgIpc) is 3.16. The molecule has 2 atom stereocenters. The number of hydrogen-bond donors (Lipinski definition) is 3. The predicted molar refractivity (Wildman–Crippen MR) is 79.2 cm³/mol. The second-order valence-corrected chi connectivity index (χ2v) is 6.09. The van der Waals surface area contributed by atoms with Gasteiger partial charge in [-0.25, -0.2) is 0 Å². The number of carboxylic acids is 1. The van der Waals surface area contributed by atoms with Gasteiger partial charge in [0, 0.05) is 11.7 Å². The molecule has 0 bridgehead atoms. The summed E-state index contributed by atoms with van der Waals surface area (Å²) in [4.78, 5) is 23.5. The molecule has 3 N–H and O–H groups in total. The maximum atomic E-state index is 12.2. The van der Waals surface area contributed by atoms with E-state index in [1.54, 1.807) is 12.1 Å². The molecule has 1 heterocycles. The minimum Gasteiger partial charge on any atom is -0.481 e. The minimum absolute atomic E-state index is 0.00142. The number of benzene rings is 1. The molecule has 0 aromatic heterocycles. The van der Waals surface area contributed by atoms with Gasteiger partial charge in [-0.1, -0.05) is 12.1 Å². The number of rotatable bonds is 4. The normalized spacial score (nSPS) is 26.3. The lowest BCUT2D eigenvalue weighted by Crippen LogP contribution is -2.32. The summed E-state index contributed by atoms with van der Waals surface area (Å²) in [6.07, 6.45) is 2.24. The van der Waals surface area contributed by atoms with E-state index in [1.807, 2.05) is 19.1 Å². The number of carboxylic acid groups (broad SMARTS) is 1. The van der Waals surface area contributed by atoms with Gasteiger partial charge < -0.3 is 15.7 Å². The highest BCUT2D eigenvalue weighted by Gasteiger charge is 2.51. The summed E-state index contributed by atoms with van der Waals surface area (Å²) in [5.74, 6) is -0.733. The molecule has 2 fully saturated rings. The molecule has 1 aromatic rings. The van der Waals surface area contributed by atoms with E-state index in [2.05, 4.69) is 10.6 Å². The number of hydrogen-bond acceptors (Lipinski definition) is 3. The van der Waals surface area contributed by atoms with E-state index in [9.17, 15) is 14.7 Å². The Morgan fingerprint density at radius 3 is 2.43 bits per heavy atom. The summed E-state index contributed by atoms with van der Waals surface area (Å²) in [5, 5.41) is 15.4. The Labute approximate surface area is 123 Å². The van der Waals surface area contributed by atoms with Gasteiger partial charge in [0.15, 0.2) is 0 Å². The number of aliphatic carboxylic acids is 1. The topological polar surface area (TPSA) is 78.4 Å². The maximum Gasteiger partial charge on any atom is 0.314 e. The Bertz CT molecular complexity index is 563. The Balaban J connectivity index is 1.68. The number of anilines is 1. The highest BCUT2D eigenvalue weighted by molar-refractivity contribution is 5.93. The van der Waals surface area contributed by atoms with E-state index in [-0.39, 0.29) is 17.9 Å². The van der Waals surface area contributed by atoms with Crippen LogP contribution in [0.5, 0.6) is 0 Å². The summed E-state index contributed by atoms with van der Waals surface area (Å²) >= 11 is 0. The van der Waals surface area contributed by atoms with Crippen molar-refractivity contribution >= 4 is 17.6 Å². The van der Waals surface area contributed by atoms with Crippen molar-refractivity contribution in [1.82, 2.24) is 5.32 Å². The van der Waals surface area contributed by atoms with Gasteiger partial charge in [-0.3, -0.25) is 9.59 Å². The molecule has 21 heavy (non-hydrogen) atoms. The van der Waals surface area contributed by atoms with Crippen LogP contribution in [0.2, 0.25) is 0 Å². The van der Waals surface area contributed by atoms with Crippen molar-refractivity contribution in [3.8, 4) is 0 Å². The van der Waals surface area contributed by atoms with Crippen LogP contribution in [-0.2, 0) is 15.0 Å². The molecular weight excluding hydrogens is 268 g/mol. The van der Waals surface area contributed by atoms with Crippen molar-refractivity contribution in [2.24, 2.45) is 5.92 Å². The molecule has 1 aliphatic carbocycles. The Morgan fingerprint density at radius 1 is 1.29 bits per heavy atom. The fourth-order valence-electron chi connectivity index (χ4n) is 3.08. The van der Waals surface area contributed by atoms with Gasteiger partial charge in [0.25, 0.3) is 0 Å². The van der Waals surface area contributed by atoms with Crippen LogP contribution < -0.4 is 10.6 Å². The number of nitrogens with one attached hydrogen (secondary N) is 2. The number of amides is 1. The zero-order chi connectivity index (χ0) is 15.0. The quantitative estimate of drug-likeness (QED) is 0.788. The highest BCUT2D eigenvalue weighted by Crippen LogP contribution is 2.48. The second-order valence-electron chi connectivity index (χ2n) is 6.09. The summed E-state index contributed by atoms with van der Waals surface area (Å²) in [7, 11) is 0. The molecule has 1 amide bonds. The zero-order valence-corrected chi connectivity index (χ0v) is 12.1. The lowest BCUT2D eigenvalue weighted by atomic mass is 9.96. The van der Waals surface area contributed by atoms with Crippen LogP contribution in [0.4, 0.5) is 5.69 Å². The third-order valence-corrected chi connectivity index (χ3v) is 4.73. The minimum atomic E-state index is -0.759. The van der Waals surface area contributed by atoms with Crippen LogP contribution in [-0.4, -0.2) is 29.6 Å². The van der Waals surface area contributed by atoms with Crippen LogP contribution in [0.25, 0.3) is 0 Å². The van der Waals surface area contributed by atoms with Gasteiger partial charge in [0.05, 0.1) is 11.3 Å². The van der Waals surface area contributed by atoms with E-state index in [0.717, 1.165) is 24.2 Å². The van der Waals surface area contributed by atoms with Crippen molar-refractivity contribution in [2.75, 3.05) is 11.9 Å². The third kappa shape index (κ3) is 2.53. The molecule has 0 radical (unpaired) electrons. The molecule has 0 spiro atoms. The zero-order valence-electron chi connectivity index (χ0n) is 12.1. The SMILES string of the molecule is CC1NCCC1C(=O)Nc1ccc(C2(C(=O)O)CC2)cc1. The molecule has 3 rings (SSSR count). The monoisotopic (exact) mass is 288 g/mol. The van der Waals surface area contributed by atoms with Crippen LogP contribution in [0.15, 0.2) is 24.3 Å². The van der Waals surface area contributed by atoms with Gasteiger partial charge in [0.2, 0.25) is 5.91 Å². The van der Waals surface area contributed by atoms with Crippen molar-refractivity contribution in [3.63, 3.8) is 0 Å². The summed E-state index contributed by atoms with van der Waals surface area (Å²) in [6.45, 7) is 2.89. The molecule has 1 saturated carbocycles. The van der Waals surface area contributed by atoms with Crippen LogP contribution in [0.3, 0.4) is 0 Å². The molecular formula is C16H20N2O3. The van der Waals surface area contributed by atoms with Crippen molar-refractivity contribution < 1.29 is 14.7 Å². The van der Waals surface area contributed by atoms with E-state index < -0.39 is 11.4 Å². The van der Waals surface area contributed by atoms with Crippen LogP contribution in [0, 0.1) is 5.92 Å². The van der Waals surface area contributed by atoms with E-state index in [1.165, 1.54) is 0 Å². The molecule has 5 nitrogen and oxygen atoms in total. The van der Waals surface area contributed by atoms with Gasteiger partial charge in [-0.2, -0.15) is 0 Å². The lowest BCUT2D eigenvalue weighted by Gasteiger charge is -2.16. The summed E-state index contributed by atoms with van der Waals surface area (Å²) in [5.41, 5.74) is 0.861. The number of carbonyl (C=O) groups is 2. The Hall–Kier alpha value is -1.88. The molecule has 2 aliphatic rings. The highest BCUT2D eigenvalue weighted by atomic mass is 16.4. The van der Waals surface area contributed by atoms with Crippen molar-refractivity contribution in [2.45, 2.75) is 37.6 Å². The predicted octanol–water partition coefficient (Wildman–Crippen LogP) is 1.74. The standard InChI is InChI=1S/C16H20N2O3/c1-10-13(6-9-17-10)14(19)18-12-4-2-11(3-5-12)16(7-8-16)15(20)21/h2-5,10,13,17H,6-9H2,1H3,(H,18,19)(H,20,21). The van der Waals surface area contributed by atoms with Crippen molar-refractivity contribution in [1.29, 1.82) is 0 Å². The summed E-state index contributed by atoms with van der Waals surface area (Å²) in [6, 6.07) is 7.41. The molecule has 2 unspecified atom stereocenters. The van der Waals surface area contributed by atoms with Gasteiger partial charge in [-0.15, -0.1) is 0 Å². The van der Waals surface area contributed by atoms with Gasteiger partial charge in [-0.05, 0) is 50.4 Å². The summed E-state index contributed by atoms with van der Waals surface area (Å²) < 4.78 is 0. The molecule has 1 saturated heterocycles. The largest absolute Gasteiger partial charge is 0.481 e. The van der Waals surface area contributed by atoms with Gasteiger partial charge >= 0.3 is 5.97 Å². The van der Waals surface area contributed by atoms with Crippen LogP contribution >= 0.6 is 0 Å². The maximum absolute atomic E-state index is 12.2. The molecule has 112 valence electrons. The van der Waals surface area contributed by atoms with E-state index in [4.69, 9.17) is 0 Å². The van der Waals surface area contributed by atoms with E-state index in [0.29, 0.717) is 12.8 Å². The van der Waals surface area contributed by atoms with E-state index >= 15 is 0 Å².